The van der Waals surface area contributed by atoms with Crippen LogP contribution in [0.25, 0.3) is 0 Å². The van der Waals surface area contributed by atoms with Gasteiger partial charge in [0.25, 0.3) is 0 Å². The first kappa shape index (κ1) is 17.8. The van der Waals surface area contributed by atoms with Gasteiger partial charge in [-0.1, -0.05) is 24.3 Å². The summed E-state index contributed by atoms with van der Waals surface area (Å²) in [6, 6.07) is 14.5. The number of sulfone groups is 1. The van der Waals surface area contributed by atoms with E-state index in [0.29, 0.717) is 5.69 Å². The van der Waals surface area contributed by atoms with Crippen molar-refractivity contribution in [2.45, 2.75) is 16.2 Å². The molecule has 0 aliphatic carbocycles. The number of hydrogen-bond donors (Lipinski definition) is 1. The Kier molecular flexibility index (Phi) is 5.34. The number of hydrogen-bond acceptors (Lipinski definition) is 5. The van der Waals surface area contributed by atoms with Crippen molar-refractivity contribution in [2.75, 3.05) is 35.3 Å². The number of benzene rings is 2. The minimum atomic E-state index is -3.40. The number of para-hydroxylation sites is 2. The highest BCUT2D eigenvalue weighted by atomic mass is 32.2. The van der Waals surface area contributed by atoms with Gasteiger partial charge in [-0.25, -0.2) is 8.42 Å². The van der Waals surface area contributed by atoms with Crippen molar-refractivity contribution in [3.8, 4) is 0 Å². The predicted molar refractivity (Wildman–Crippen MR) is 102 cm³/mol. The molecule has 7 heteroatoms. The Morgan fingerprint density at radius 1 is 1.16 bits per heavy atom. The Morgan fingerprint density at radius 3 is 2.68 bits per heavy atom. The van der Waals surface area contributed by atoms with E-state index in [2.05, 4.69) is 11.4 Å². The van der Waals surface area contributed by atoms with Crippen molar-refractivity contribution in [3.05, 3.63) is 48.5 Å². The second-order valence-electron chi connectivity index (χ2n) is 5.91. The van der Waals surface area contributed by atoms with Gasteiger partial charge in [0.1, 0.15) is 0 Å². The normalized spacial score (nSPS) is 14.5. The smallest absolute Gasteiger partial charge is 0.243 e. The van der Waals surface area contributed by atoms with E-state index < -0.39 is 9.84 Å². The summed E-state index contributed by atoms with van der Waals surface area (Å²) in [5, 5.41) is 2.75. The Hall–Kier alpha value is -1.99. The van der Waals surface area contributed by atoms with E-state index in [-0.39, 0.29) is 17.3 Å². The third-order valence-electron chi connectivity index (χ3n) is 3.93. The van der Waals surface area contributed by atoms with E-state index in [9.17, 15) is 13.2 Å². The van der Waals surface area contributed by atoms with E-state index in [4.69, 9.17) is 0 Å². The largest absolute Gasteiger partial charge is 0.361 e. The first-order valence-corrected chi connectivity index (χ1v) is 10.9. The summed E-state index contributed by atoms with van der Waals surface area (Å²) in [5.74, 6) is 0.796. The van der Waals surface area contributed by atoms with Crippen molar-refractivity contribution < 1.29 is 13.2 Å². The van der Waals surface area contributed by atoms with Gasteiger partial charge < -0.3 is 10.2 Å². The van der Waals surface area contributed by atoms with Gasteiger partial charge in [0.05, 0.1) is 22.8 Å². The second-order valence-corrected chi connectivity index (χ2v) is 9.03. The Bertz CT molecular complexity index is 881. The van der Waals surface area contributed by atoms with Crippen LogP contribution < -0.4 is 10.2 Å². The maximum Gasteiger partial charge on any atom is 0.243 e. The summed E-state index contributed by atoms with van der Waals surface area (Å²) in [4.78, 5) is 15.9. The van der Waals surface area contributed by atoms with Crippen molar-refractivity contribution in [1.82, 2.24) is 0 Å². The molecule has 3 rings (SSSR count). The molecule has 1 aliphatic heterocycles. The van der Waals surface area contributed by atoms with Crippen LogP contribution in [0.2, 0.25) is 0 Å². The number of nitrogens with zero attached hydrogens (tertiary/aromatic N) is 1. The van der Waals surface area contributed by atoms with E-state index in [1.165, 1.54) is 11.0 Å². The molecule has 1 N–H and O–H groups in total. The highest BCUT2D eigenvalue weighted by molar-refractivity contribution is 7.99. The van der Waals surface area contributed by atoms with E-state index in [1.807, 2.05) is 23.1 Å². The molecule has 0 fully saturated rings. The summed E-state index contributed by atoms with van der Waals surface area (Å²) in [6.07, 6.45) is 2.13. The third kappa shape index (κ3) is 4.35. The number of fused-ring (bicyclic) bond motifs is 1. The first-order valence-electron chi connectivity index (χ1n) is 8.01. The van der Waals surface area contributed by atoms with Crippen LogP contribution >= 0.6 is 11.8 Å². The summed E-state index contributed by atoms with van der Waals surface area (Å²) in [5.41, 5.74) is 1.38. The van der Waals surface area contributed by atoms with E-state index >= 15 is 0 Å². The van der Waals surface area contributed by atoms with Crippen LogP contribution in [0.1, 0.15) is 6.42 Å². The molecule has 25 heavy (non-hydrogen) atoms. The van der Waals surface area contributed by atoms with Gasteiger partial charge in [0.2, 0.25) is 5.91 Å². The quantitative estimate of drug-likeness (QED) is 0.888. The monoisotopic (exact) mass is 376 g/mol. The number of amides is 1. The SMILES string of the molecule is CS(=O)(=O)c1ccccc1NC(=O)CN1CCCSc2ccccc21. The van der Waals surface area contributed by atoms with Gasteiger partial charge in [-0.3, -0.25) is 4.79 Å². The van der Waals surface area contributed by atoms with Crippen LogP contribution in [0, 0.1) is 0 Å². The predicted octanol–water partition coefficient (Wildman–Crippen LogP) is 3.03. The van der Waals surface area contributed by atoms with Crippen LogP contribution in [0.4, 0.5) is 11.4 Å². The lowest BCUT2D eigenvalue weighted by molar-refractivity contribution is -0.115. The van der Waals surface area contributed by atoms with E-state index in [0.717, 1.165) is 30.7 Å². The number of rotatable bonds is 4. The first-order chi connectivity index (χ1) is 11.9. The molecule has 0 aromatic heterocycles. The molecule has 5 nitrogen and oxygen atoms in total. The molecule has 0 atom stereocenters. The third-order valence-corrected chi connectivity index (χ3v) is 6.23. The van der Waals surface area contributed by atoms with Gasteiger partial charge in [-0.05, 0) is 36.4 Å². The molecule has 0 saturated carbocycles. The molecule has 2 aromatic rings. The number of thioether (sulfide) groups is 1. The summed E-state index contributed by atoms with van der Waals surface area (Å²) < 4.78 is 23.7. The lowest BCUT2D eigenvalue weighted by atomic mass is 10.2. The molecule has 0 bridgehead atoms. The zero-order chi connectivity index (χ0) is 17.9. The van der Waals surface area contributed by atoms with Gasteiger partial charge in [-0.15, -0.1) is 11.8 Å². The molecule has 0 radical (unpaired) electrons. The lowest BCUT2D eigenvalue weighted by Crippen LogP contribution is -2.34. The number of carbonyl (C=O) groups is 1. The summed E-state index contributed by atoms with van der Waals surface area (Å²) >= 11 is 1.80. The zero-order valence-corrected chi connectivity index (χ0v) is 15.6. The van der Waals surface area contributed by atoms with Crippen LogP contribution in [-0.4, -0.2) is 39.4 Å². The highest BCUT2D eigenvalue weighted by Crippen LogP contribution is 2.33. The molecule has 1 heterocycles. The fourth-order valence-corrected chi connectivity index (χ4v) is 4.68. The number of nitrogens with one attached hydrogen (secondary N) is 1. The molecule has 0 saturated heterocycles. The highest BCUT2D eigenvalue weighted by Gasteiger charge is 2.19. The van der Waals surface area contributed by atoms with Crippen LogP contribution in [0.5, 0.6) is 0 Å². The standard InChI is InChI=1S/C18H20N2O3S2/c1-25(22,23)17-10-5-2-7-14(17)19-18(21)13-20-11-6-12-24-16-9-4-3-8-15(16)20/h2-5,7-10H,6,11-13H2,1H3,(H,19,21). The molecule has 1 aliphatic rings. The van der Waals surface area contributed by atoms with Gasteiger partial charge in [0, 0.05) is 17.7 Å². The van der Waals surface area contributed by atoms with Gasteiger partial charge in [0.15, 0.2) is 9.84 Å². The van der Waals surface area contributed by atoms with Crippen molar-refractivity contribution in [2.24, 2.45) is 0 Å². The molecule has 1 amide bonds. The van der Waals surface area contributed by atoms with Crippen molar-refractivity contribution in [3.63, 3.8) is 0 Å². The minimum absolute atomic E-state index is 0.134. The molecule has 0 unspecified atom stereocenters. The summed E-state index contributed by atoms with van der Waals surface area (Å²) in [6.45, 7) is 0.987. The molecule has 2 aromatic carbocycles. The maximum atomic E-state index is 12.5. The van der Waals surface area contributed by atoms with Crippen LogP contribution in [0.15, 0.2) is 58.3 Å². The molecular weight excluding hydrogens is 356 g/mol. The second kappa shape index (κ2) is 7.49. The summed E-state index contributed by atoms with van der Waals surface area (Å²) in [7, 11) is -3.40. The Balaban J connectivity index is 1.78. The van der Waals surface area contributed by atoms with Gasteiger partial charge in [-0.2, -0.15) is 0 Å². The van der Waals surface area contributed by atoms with Crippen molar-refractivity contribution in [1.29, 1.82) is 0 Å². The zero-order valence-electron chi connectivity index (χ0n) is 13.9. The number of carbonyl (C=O) groups excluding carboxylic acids is 1. The fraction of sp³-hybridized carbons (Fsp3) is 0.278. The molecular formula is C18H20N2O3S2. The van der Waals surface area contributed by atoms with Gasteiger partial charge >= 0.3 is 0 Å². The molecule has 132 valence electrons. The van der Waals surface area contributed by atoms with E-state index in [1.54, 1.807) is 30.0 Å². The minimum Gasteiger partial charge on any atom is -0.361 e. The fourth-order valence-electron chi connectivity index (χ4n) is 2.82. The average molecular weight is 377 g/mol. The van der Waals surface area contributed by atoms with Crippen molar-refractivity contribution >= 4 is 38.9 Å². The van der Waals surface area contributed by atoms with Crippen LogP contribution in [-0.2, 0) is 14.6 Å². The topological polar surface area (TPSA) is 66.5 Å². The average Bonchev–Trinajstić information content (AvgIpc) is 2.77. The maximum absolute atomic E-state index is 12.5. The Labute approximate surface area is 152 Å². The molecule has 0 spiro atoms. The Morgan fingerprint density at radius 2 is 1.88 bits per heavy atom. The lowest BCUT2D eigenvalue weighted by Gasteiger charge is -2.24. The van der Waals surface area contributed by atoms with Crippen LogP contribution in [0.3, 0.4) is 0 Å². The number of anilines is 2.